The summed E-state index contributed by atoms with van der Waals surface area (Å²) in [5.74, 6) is -1.01. The van der Waals surface area contributed by atoms with Gasteiger partial charge in [0.2, 0.25) is 26.0 Å². The second-order valence-electron chi connectivity index (χ2n) is 7.84. The van der Waals surface area contributed by atoms with Crippen LogP contribution in [-0.2, 0) is 34.4 Å². The molecular formula is C23H31N3O7S2. The van der Waals surface area contributed by atoms with Crippen LogP contribution in [0.25, 0.3) is 0 Å². The lowest BCUT2D eigenvalue weighted by atomic mass is 10.1. The highest BCUT2D eigenvalue weighted by Crippen LogP contribution is 2.16. The Balaban J connectivity index is 1.97. The van der Waals surface area contributed by atoms with E-state index in [9.17, 15) is 26.4 Å². The molecule has 0 saturated heterocycles. The molecule has 2 rings (SSSR count). The second-order valence-corrected chi connectivity index (χ2v) is 11.3. The predicted molar refractivity (Wildman–Crippen MR) is 132 cm³/mol. The Morgan fingerprint density at radius 1 is 0.886 bits per heavy atom. The first-order chi connectivity index (χ1) is 16.4. The van der Waals surface area contributed by atoms with Gasteiger partial charge in [0.25, 0.3) is 0 Å². The normalized spacial score (nSPS) is 12.7. The van der Waals surface area contributed by atoms with Gasteiger partial charge in [-0.2, -0.15) is 4.72 Å². The van der Waals surface area contributed by atoms with Gasteiger partial charge in [-0.1, -0.05) is 17.7 Å². The number of unbranched alkanes of at least 4 members (excludes halogenated alkanes) is 1. The average Bonchev–Trinajstić information content (AvgIpc) is 2.78. The number of rotatable bonds is 13. The van der Waals surface area contributed by atoms with Crippen LogP contribution >= 0.6 is 0 Å². The van der Waals surface area contributed by atoms with Crippen LogP contribution in [0.3, 0.4) is 0 Å². The topological polar surface area (TPSA) is 148 Å². The summed E-state index contributed by atoms with van der Waals surface area (Å²) in [6.45, 7) is 5.02. The molecule has 0 spiro atoms. The third-order valence-electron chi connectivity index (χ3n) is 4.90. The van der Waals surface area contributed by atoms with Crippen molar-refractivity contribution in [2.24, 2.45) is 0 Å². The Morgan fingerprint density at radius 2 is 1.46 bits per heavy atom. The van der Waals surface area contributed by atoms with Crippen molar-refractivity contribution in [3.63, 3.8) is 0 Å². The molecule has 192 valence electrons. The van der Waals surface area contributed by atoms with Gasteiger partial charge in [-0.15, -0.1) is 0 Å². The van der Waals surface area contributed by atoms with Gasteiger partial charge in [0.1, 0.15) is 6.04 Å². The molecule has 0 bridgehead atoms. The number of amides is 1. The van der Waals surface area contributed by atoms with Crippen molar-refractivity contribution in [3.05, 3.63) is 54.1 Å². The van der Waals surface area contributed by atoms with E-state index in [0.29, 0.717) is 18.5 Å². The predicted octanol–water partition coefficient (Wildman–Crippen LogP) is 2.31. The highest BCUT2D eigenvalue weighted by molar-refractivity contribution is 7.89. The first-order valence-corrected chi connectivity index (χ1v) is 14.0. The third kappa shape index (κ3) is 9.06. The minimum absolute atomic E-state index is 0.0771. The molecule has 0 aliphatic heterocycles. The van der Waals surface area contributed by atoms with Gasteiger partial charge < -0.3 is 10.1 Å². The van der Waals surface area contributed by atoms with E-state index >= 15 is 0 Å². The minimum Gasteiger partial charge on any atom is -0.465 e. The number of anilines is 1. The quantitative estimate of drug-likeness (QED) is 0.268. The lowest BCUT2D eigenvalue weighted by Gasteiger charge is -2.17. The average molecular weight is 526 g/mol. The molecule has 0 saturated carbocycles. The van der Waals surface area contributed by atoms with Crippen molar-refractivity contribution < 1.29 is 31.2 Å². The lowest BCUT2D eigenvalue weighted by Crippen LogP contribution is -2.41. The minimum atomic E-state index is -4.05. The molecular weight excluding hydrogens is 494 g/mol. The molecule has 1 amide bonds. The molecule has 12 heteroatoms. The summed E-state index contributed by atoms with van der Waals surface area (Å²) in [6, 6.07) is 10.8. The fraction of sp³-hybridized carbons (Fsp3) is 0.391. The Bertz CT molecular complexity index is 1210. The number of hydrogen-bond donors (Lipinski definition) is 3. The Morgan fingerprint density at radius 3 is 2.03 bits per heavy atom. The summed E-state index contributed by atoms with van der Waals surface area (Å²) >= 11 is 0. The zero-order valence-electron chi connectivity index (χ0n) is 19.9. The highest BCUT2D eigenvalue weighted by atomic mass is 32.2. The van der Waals surface area contributed by atoms with Crippen LogP contribution in [0, 0.1) is 6.92 Å². The number of ether oxygens (including phenoxy) is 1. The molecule has 0 fully saturated rings. The molecule has 2 aromatic carbocycles. The largest absolute Gasteiger partial charge is 0.465 e. The van der Waals surface area contributed by atoms with Gasteiger partial charge in [0, 0.05) is 19.2 Å². The summed E-state index contributed by atoms with van der Waals surface area (Å²) in [5, 5.41) is 2.55. The van der Waals surface area contributed by atoms with Crippen molar-refractivity contribution >= 4 is 37.6 Å². The molecule has 0 unspecified atom stereocenters. The Labute approximate surface area is 206 Å². The maximum atomic E-state index is 12.8. The zero-order chi connectivity index (χ0) is 26.1. The smallest absolute Gasteiger partial charge is 0.324 e. The van der Waals surface area contributed by atoms with E-state index in [4.69, 9.17) is 4.74 Å². The summed E-state index contributed by atoms with van der Waals surface area (Å²) < 4.78 is 60.2. The van der Waals surface area contributed by atoms with Crippen LogP contribution < -0.4 is 14.8 Å². The van der Waals surface area contributed by atoms with Crippen molar-refractivity contribution in [1.29, 1.82) is 0 Å². The maximum Gasteiger partial charge on any atom is 0.324 e. The van der Waals surface area contributed by atoms with Crippen molar-refractivity contribution in [2.45, 2.75) is 55.9 Å². The van der Waals surface area contributed by atoms with Crippen molar-refractivity contribution in [2.75, 3.05) is 18.5 Å². The van der Waals surface area contributed by atoms with E-state index in [1.807, 2.05) is 6.92 Å². The maximum absolute atomic E-state index is 12.8. The number of nitrogens with one attached hydrogen (secondary N) is 3. The molecule has 10 nitrogen and oxygen atoms in total. The fourth-order valence-electron chi connectivity index (χ4n) is 3.12. The standard InChI is InChI=1S/C23H31N3O7S2/c1-4-33-23(28)22(26-35(31,32)21-14-10-19(11-15-21)25-18(3)27)7-5-6-16-24-34(29,30)20-12-8-17(2)9-13-20/h8-15,22,24,26H,4-7,16H2,1-3H3,(H,25,27)/t22-/m0/s1. The third-order valence-corrected chi connectivity index (χ3v) is 7.86. The lowest BCUT2D eigenvalue weighted by molar-refractivity contribution is -0.145. The van der Waals surface area contributed by atoms with Gasteiger partial charge in [-0.3, -0.25) is 9.59 Å². The van der Waals surface area contributed by atoms with Gasteiger partial charge in [-0.05, 0) is 69.5 Å². The second kappa shape index (κ2) is 12.8. The van der Waals surface area contributed by atoms with Gasteiger partial charge >= 0.3 is 5.97 Å². The van der Waals surface area contributed by atoms with Gasteiger partial charge in [0.15, 0.2) is 0 Å². The van der Waals surface area contributed by atoms with Crippen LogP contribution in [0.1, 0.15) is 38.7 Å². The molecule has 1 atom stereocenters. The molecule has 0 radical (unpaired) electrons. The molecule has 0 heterocycles. The van der Waals surface area contributed by atoms with Crippen LogP contribution in [-0.4, -0.2) is 47.9 Å². The van der Waals surface area contributed by atoms with E-state index in [-0.39, 0.29) is 35.3 Å². The number of sulfonamides is 2. The molecule has 3 N–H and O–H groups in total. The summed E-state index contributed by atoms with van der Waals surface area (Å²) in [6.07, 6.45) is 0.867. The molecule has 2 aromatic rings. The van der Waals surface area contributed by atoms with Crippen LogP contribution in [0.2, 0.25) is 0 Å². The first kappa shape index (κ1) is 28.4. The summed E-state index contributed by atoms with van der Waals surface area (Å²) in [7, 11) is -7.71. The van der Waals surface area contributed by atoms with E-state index in [1.165, 1.54) is 43.3 Å². The summed E-state index contributed by atoms with van der Waals surface area (Å²) in [5.41, 5.74) is 1.38. The van der Waals surface area contributed by atoms with Crippen LogP contribution in [0.15, 0.2) is 58.3 Å². The Hall–Kier alpha value is -2.80. The zero-order valence-corrected chi connectivity index (χ0v) is 21.5. The van der Waals surface area contributed by atoms with Crippen molar-refractivity contribution in [3.8, 4) is 0 Å². The SMILES string of the molecule is CCOC(=O)[C@H](CCCCNS(=O)(=O)c1ccc(C)cc1)NS(=O)(=O)c1ccc(NC(C)=O)cc1. The monoisotopic (exact) mass is 525 g/mol. The molecule has 0 aliphatic carbocycles. The van der Waals surface area contributed by atoms with Crippen LogP contribution in [0.4, 0.5) is 5.69 Å². The highest BCUT2D eigenvalue weighted by Gasteiger charge is 2.26. The number of hydrogen-bond acceptors (Lipinski definition) is 7. The fourth-order valence-corrected chi connectivity index (χ4v) is 5.42. The molecule has 0 aromatic heterocycles. The van der Waals surface area contributed by atoms with E-state index in [1.54, 1.807) is 19.1 Å². The van der Waals surface area contributed by atoms with E-state index in [2.05, 4.69) is 14.8 Å². The number of esters is 1. The Kier molecular flexibility index (Phi) is 10.4. The van der Waals surface area contributed by atoms with E-state index < -0.39 is 32.1 Å². The summed E-state index contributed by atoms with van der Waals surface area (Å²) in [4.78, 5) is 23.6. The van der Waals surface area contributed by atoms with E-state index in [0.717, 1.165) is 5.56 Å². The number of aryl methyl sites for hydroxylation is 1. The van der Waals surface area contributed by atoms with Gasteiger partial charge in [0.05, 0.1) is 16.4 Å². The van der Waals surface area contributed by atoms with Gasteiger partial charge in [-0.25, -0.2) is 21.6 Å². The number of carbonyl (C=O) groups is 2. The van der Waals surface area contributed by atoms with Crippen LogP contribution in [0.5, 0.6) is 0 Å². The number of benzene rings is 2. The van der Waals surface area contributed by atoms with Crippen molar-refractivity contribution in [1.82, 2.24) is 9.44 Å². The number of carbonyl (C=O) groups excluding carboxylic acids is 2. The molecule has 35 heavy (non-hydrogen) atoms. The molecule has 0 aliphatic rings. The first-order valence-electron chi connectivity index (χ1n) is 11.1.